The van der Waals surface area contributed by atoms with Crippen LogP contribution in [0.25, 0.3) is 0 Å². The van der Waals surface area contributed by atoms with E-state index >= 15 is 0 Å². The third-order valence-electron chi connectivity index (χ3n) is 2.42. The van der Waals surface area contributed by atoms with Crippen molar-refractivity contribution in [3.8, 4) is 0 Å². The number of aryl methyl sites for hydroxylation is 1. The number of carbonyl (C=O) groups is 1. The second kappa shape index (κ2) is 7.13. The number of amides is 2. The third kappa shape index (κ3) is 6.81. The van der Waals surface area contributed by atoms with Crippen molar-refractivity contribution in [2.24, 2.45) is 5.92 Å². The fourth-order valence-corrected chi connectivity index (χ4v) is 2.38. The molecule has 0 unspecified atom stereocenters. The van der Waals surface area contributed by atoms with E-state index in [-0.39, 0.29) is 11.7 Å². The van der Waals surface area contributed by atoms with Crippen LogP contribution in [0.5, 0.6) is 0 Å². The van der Waals surface area contributed by atoms with E-state index in [4.69, 9.17) is 0 Å². The number of urea groups is 1. The van der Waals surface area contributed by atoms with E-state index in [1.807, 2.05) is 48.9 Å². The molecule has 2 N–H and O–H groups in total. The minimum atomic E-state index is -3.59. The second-order valence-electron chi connectivity index (χ2n) is 4.76. The number of rotatable bonds is 6. The van der Waals surface area contributed by atoms with Crippen molar-refractivity contribution in [1.29, 1.82) is 0 Å². The van der Waals surface area contributed by atoms with E-state index in [0.717, 1.165) is 5.56 Å². The molecule has 6 heteroatoms. The molecule has 0 heterocycles. The first-order valence-corrected chi connectivity index (χ1v) is 7.86. The zero-order valence-corrected chi connectivity index (χ0v) is 12.0. The summed E-state index contributed by atoms with van der Waals surface area (Å²) >= 11 is 0. The number of hydrogen-bond donors (Lipinski definition) is 2. The van der Waals surface area contributed by atoms with Gasteiger partial charge in [0.25, 0.3) is 0 Å². The molecule has 0 aromatic heterocycles. The van der Waals surface area contributed by atoms with Crippen LogP contribution in [0.3, 0.4) is 0 Å². The topological polar surface area (TPSA) is 75.3 Å². The summed E-state index contributed by atoms with van der Waals surface area (Å²) < 4.78 is 25.4. The van der Waals surface area contributed by atoms with Gasteiger partial charge in [-0.2, -0.15) is 0 Å². The van der Waals surface area contributed by atoms with Gasteiger partial charge in [-0.3, -0.25) is 0 Å². The fraction of sp³-hybridized carbons (Fsp3) is 0.462. The van der Waals surface area contributed by atoms with Crippen molar-refractivity contribution in [3.05, 3.63) is 35.9 Å². The summed E-state index contributed by atoms with van der Waals surface area (Å²) in [6.45, 7) is 4.31. The summed E-state index contributed by atoms with van der Waals surface area (Å²) in [6, 6.07) is 8.62. The molecule has 0 atom stereocenters. The summed E-state index contributed by atoms with van der Waals surface area (Å²) in [4.78, 5) is 11.4. The summed E-state index contributed by atoms with van der Waals surface area (Å²) in [5.41, 5.74) is 0.926. The Kier molecular flexibility index (Phi) is 5.82. The molecule has 0 aliphatic carbocycles. The van der Waals surface area contributed by atoms with Gasteiger partial charge >= 0.3 is 6.03 Å². The first-order chi connectivity index (χ1) is 8.89. The third-order valence-corrected chi connectivity index (χ3v) is 3.66. The molecule has 19 heavy (non-hydrogen) atoms. The molecule has 106 valence electrons. The van der Waals surface area contributed by atoms with E-state index in [1.165, 1.54) is 0 Å². The Morgan fingerprint density at radius 2 is 1.84 bits per heavy atom. The molecule has 0 saturated heterocycles. The molecular formula is C13H20N2O3S. The van der Waals surface area contributed by atoms with Crippen molar-refractivity contribution < 1.29 is 13.2 Å². The van der Waals surface area contributed by atoms with Crippen LogP contribution in [0.4, 0.5) is 4.79 Å². The lowest BCUT2D eigenvalue weighted by Gasteiger charge is -2.10. The zero-order chi connectivity index (χ0) is 14.3. The van der Waals surface area contributed by atoms with E-state index in [2.05, 4.69) is 5.32 Å². The molecule has 2 amide bonds. The van der Waals surface area contributed by atoms with Crippen LogP contribution >= 0.6 is 0 Å². The molecule has 0 radical (unpaired) electrons. The average Bonchev–Trinajstić information content (AvgIpc) is 2.35. The van der Waals surface area contributed by atoms with Crippen LogP contribution in [0, 0.1) is 5.92 Å². The Morgan fingerprint density at radius 3 is 2.42 bits per heavy atom. The van der Waals surface area contributed by atoms with Crippen LogP contribution in [0.15, 0.2) is 30.3 Å². The minimum Gasteiger partial charge on any atom is -0.337 e. The molecule has 0 aliphatic heterocycles. The second-order valence-corrected chi connectivity index (χ2v) is 6.60. The van der Waals surface area contributed by atoms with E-state index in [9.17, 15) is 13.2 Å². The van der Waals surface area contributed by atoms with Crippen LogP contribution < -0.4 is 10.0 Å². The van der Waals surface area contributed by atoms with Crippen molar-refractivity contribution in [2.45, 2.75) is 20.3 Å². The van der Waals surface area contributed by atoms with Gasteiger partial charge in [0, 0.05) is 6.54 Å². The molecule has 5 nitrogen and oxygen atoms in total. The number of benzene rings is 1. The standard InChI is InChI=1S/C13H20N2O3S/c1-11(2)10-14-13(16)15-19(17,18)9-8-12-6-4-3-5-7-12/h3-7,11H,8-10H2,1-2H3,(H2,14,15,16). The summed E-state index contributed by atoms with van der Waals surface area (Å²) in [7, 11) is -3.59. The molecule has 1 aromatic carbocycles. The lowest BCUT2D eigenvalue weighted by molar-refractivity contribution is 0.244. The van der Waals surface area contributed by atoms with Crippen LogP contribution in [-0.4, -0.2) is 26.7 Å². The normalized spacial score (nSPS) is 11.3. The summed E-state index contributed by atoms with van der Waals surface area (Å²) in [5.74, 6) is 0.171. The van der Waals surface area contributed by atoms with E-state index < -0.39 is 16.1 Å². The highest BCUT2D eigenvalue weighted by Gasteiger charge is 2.14. The SMILES string of the molecule is CC(C)CNC(=O)NS(=O)(=O)CCc1ccccc1. The largest absolute Gasteiger partial charge is 0.337 e. The Hall–Kier alpha value is -1.56. The van der Waals surface area contributed by atoms with Gasteiger partial charge in [0.2, 0.25) is 10.0 Å². The molecule has 1 rings (SSSR count). The Morgan fingerprint density at radius 1 is 1.21 bits per heavy atom. The number of carbonyl (C=O) groups excluding carboxylic acids is 1. The first-order valence-electron chi connectivity index (χ1n) is 6.21. The Balaban J connectivity index is 2.42. The van der Waals surface area contributed by atoms with Crippen molar-refractivity contribution in [1.82, 2.24) is 10.0 Å². The quantitative estimate of drug-likeness (QED) is 0.831. The predicted molar refractivity (Wildman–Crippen MR) is 75.3 cm³/mol. The van der Waals surface area contributed by atoms with Crippen LogP contribution in [0.2, 0.25) is 0 Å². The van der Waals surface area contributed by atoms with Gasteiger partial charge in [0.05, 0.1) is 5.75 Å². The van der Waals surface area contributed by atoms with Gasteiger partial charge in [0.1, 0.15) is 0 Å². The first kappa shape index (κ1) is 15.5. The molecule has 0 spiro atoms. The molecule has 0 bridgehead atoms. The summed E-state index contributed by atoms with van der Waals surface area (Å²) in [6.07, 6.45) is 0.383. The molecule has 0 fully saturated rings. The Labute approximate surface area is 114 Å². The maximum absolute atomic E-state index is 11.7. The Bertz CT molecular complexity index is 498. The maximum atomic E-state index is 11.7. The number of sulfonamides is 1. The fourth-order valence-electron chi connectivity index (χ4n) is 1.42. The predicted octanol–water partition coefficient (Wildman–Crippen LogP) is 1.51. The molecular weight excluding hydrogens is 264 g/mol. The van der Waals surface area contributed by atoms with Gasteiger partial charge in [-0.15, -0.1) is 0 Å². The highest BCUT2D eigenvalue weighted by Crippen LogP contribution is 2.01. The highest BCUT2D eigenvalue weighted by molar-refractivity contribution is 7.90. The lowest BCUT2D eigenvalue weighted by atomic mass is 10.2. The van der Waals surface area contributed by atoms with E-state index in [1.54, 1.807) is 0 Å². The highest BCUT2D eigenvalue weighted by atomic mass is 32.2. The van der Waals surface area contributed by atoms with Crippen LogP contribution in [-0.2, 0) is 16.4 Å². The van der Waals surface area contributed by atoms with Gasteiger partial charge in [-0.05, 0) is 17.9 Å². The van der Waals surface area contributed by atoms with E-state index in [0.29, 0.717) is 13.0 Å². The van der Waals surface area contributed by atoms with Crippen LogP contribution in [0.1, 0.15) is 19.4 Å². The molecule has 0 aliphatic rings. The van der Waals surface area contributed by atoms with Gasteiger partial charge in [-0.25, -0.2) is 17.9 Å². The van der Waals surface area contributed by atoms with Gasteiger partial charge < -0.3 is 5.32 Å². The number of nitrogens with one attached hydrogen (secondary N) is 2. The molecule has 0 saturated carbocycles. The maximum Gasteiger partial charge on any atom is 0.328 e. The van der Waals surface area contributed by atoms with Gasteiger partial charge in [0.15, 0.2) is 0 Å². The minimum absolute atomic E-state index is 0.105. The van der Waals surface area contributed by atoms with Crippen molar-refractivity contribution in [2.75, 3.05) is 12.3 Å². The monoisotopic (exact) mass is 284 g/mol. The van der Waals surface area contributed by atoms with Crippen molar-refractivity contribution >= 4 is 16.1 Å². The lowest BCUT2D eigenvalue weighted by Crippen LogP contribution is -2.42. The van der Waals surface area contributed by atoms with Crippen molar-refractivity contribution in [3.63, 3.8) is 0 Å². The smallest absolute Gasteiger partial charge is 0.328 e. The van der Waals surface area contributed by atoms with Gasteiger partial charge in [-0.1, -0.05) is 44.2 Å². The summed E-state index contributed by atoms with van der Waals surface area (Å²) in [5, 5.41) is 2.51. The molecule has 1 aromatic rings. The zero-order valence-electron chi connectivity index (χ0n) is 11.2. The number of hydrogen-bond acceptors (Lipinski definition) is 3. The average molecular weight is 284 g/mol.